The first-order chi connectivity index (χ1) is 10.1. The van der Waals surface area contributed by atoms with Gasteiger partial charge in [-0.3, -0.25) is 5.10 Å². The summed E-state index contributed by atoms with van der Waals surface area (Å²) in [7, 11) is 0. The highest BCUT2D eigenvalue weighted by Gasteiger charge is 2.17. The number of carbonyl (C=O) groups is 1. The SMILES string of the molecule is CC(C)c1[nH]ncc1C(=O)OCc1cc2ccccc2s1. The number of aromatic amines is 1. The molecule has 1 aromatic carbocycles. The molecule has 0 aliphatic carbocycles. The van der Waals surface area contributed by atoms with Gasteiger partial charge in [0.15, 0.2) is 0 Å². The highest BCUT2D eigenvalue weighted by molar-refractivity contribution is 7.19. The van der Waals surface area contributed by atoms with Gasteiger partial charge in [-0.2, -0.15) is 5.10 Å². The van der Waals surface area contributed by atoms with Crippen LogP contribution in [0.25, 0.3) is 10.1 Å². The van der Waals surface area contributed by atoms with Gasteiger partial charge in [-0.15, -0.1) is 11.3 Å². The van der Waals surface area contributed by atoms with Crippen molar-refractivity contribution in [2.75, 3.05) is 0 Å². The Labute approximate surface area is 126 Å². The van der Waals surface area contributed by atoms with Gasteiger partial charge in [-0.1, -0.05) is 32.0 Å². The number of nitrogens with zero attached hydrogens (tertiary/aromatic N) is 1. The Balaban J connectivity index is 1.72. The van der Waals surface area contributed by atoms with Gasteiger partial charge in [0, 0.05) is 9.58 Å². The van der Waals surface area contributed by atoms with Crippen molar-refractivity contribution in [1.82, 2.24) is 10.2 Å². The number of thiophene rings is 1. The topological polar surface area (TPSA) is 55.0 Å². The molecule has 0 unspecified atom stereocenters. The number of rotatable bonds is 4. The molecule has 0 fully saturated rings. The van der Waals surface area contributed by atoms with Gasteiger partial charge >= 0.3 is 5.97 Å². The molecule has 0 amide bonds. The second-order valence-electron chi connectivity index (χ2n) is 5.18. The van der Waals surface area contributed by atoms with E-state index in [2.05, 4.69) is 28.4 Å². The molecule has 0 aliphatic rings. The number of ether oxygens (including phenoxy) is 1. The first-order valence-electron chi connectivity index (χ1n) is 6.83. The van der Waals surface area contributed by atoms with E-state index in [0.29, 0.717) is 12.2 Å². The minimum Gasteiger partial charge on any atom is -0.456 e. The minimum atomic E-state index is -0.329. The Bertz CT molecular complexity index is 740. The van der Waals surface area contributed by atoms with Crippen LogP contribution >= 0.6 is 11.3 Å². The summed E-state index contributed by atoms with van der Waals surface area (Å²) in [6, 6.07) is 10.2. The molecule has 0 spiro atoms. The molecule has 2 heterocycles. The van der Waals surface area contributed by atoms with Gasteiger partial charge in [0.25, 0.3) is 0 Å². The summed E-state index contributed by atoms with van der Waals surface area (Å²) in [6.45, 7) is 4.31. The van der Waals surface area contributed by atoms with Crippen LogP contribution in [0.15, 0.2) is 36.5 Å². The summed E-state index contributed by atoms with van der Waals surface area (Å²) in [5.41, 5.74) is 1.34. The lowest BCUT2D eigenvalue weighted by atomic mass is 10.1. The largest absolute Gasteiger partial charge is 0.456 e. The molecule has 0 saturated heterocycles. The number of carbonyl (C=O) groups excluding carboxylic acids is 1. The Morgan fingerprint density at radius 3 is 2.95 bits per heavy atom. The smallest absolute Gasteiger partial charge is 0.341 e. The Morgan fingerprint density at radius 1 is 1.38 bits per heavy atom. The molecule has 4 nitrogen and oxygen atoms in total. The van der Waals surface area contributed by atoms with Crippen molar-refractivity contribution >= 4 is 27.4 Å². The van der Waals surface area contributed by atoms with Crippen molar-refractivity contribution in [3.05, 3.63) is 52.7 Å². The maximum absolute atomic E-state index is 12.1. The zero-order chi connectivity index (χ0) is 14.8. The van der Waals surface area contributed by atoms with Gasteiger partial charge in [-0.25, -0.2) is 4.79 Å². The molecule has 0 atom stereocenters. The van der Waals surface area contributed by atoms with Crippen LogP contribution in [0.4, 0.5) is 0 Å². The van der Waals surface area contributed by atoms with Crippen LogP contribution in [0, 0.1) is 0 Å². The van der Waals surface area contributed by atoms with Crippen molar-refractivity contribution < 1.29 is 9.53 Å². The highest BCUT2D eigenvalue weighted by atomic mass is 32.1. The zero-order valence-corrected chi connectivity index (χ0v) is 12.7. The first kappa shape index (κ1) is 13.8. The average molecular weight is 300 g/mol. The second-order valence-corrected chi connectivity index (χ2v) is 6.35. The van der Waals surface area contributed by atoms with E-state index in [0.717, 1.165) is 10.6 Å². The Hall–Kier alpha value is -2.14. The van der Waals surface area contributed by atoms with Gasteiger partial charge in [-0.05, 0) is 23.4 Å². The summed E-state index contributed by atoms with van der Waals surface area (Å²) < 4.78 is 6.61. The van der Waals surface area contributed by atoms with E-state index in [1.54, 1.807) is 11.3 Å². The van der Waals surface area contributed by atoms with Crippen molar-refractivity contribution in [2.45, 2.75) is 26.4 Å². The monoisotopic (exact) mass is 300 g/mol. The normalized spacial score (nSPS) is 11.2. The van der Waals surface area contributed by atoms with Crippen LogP contribution in [-0.4, -0.2) is 16.2 Å². The van der Waals surface area contributed by atoms with Gasteiger partial charge in [0.2, 0.25) is 0 Å². The fourth-order valence-electron chi connectivity index (χ4n) is 2.22. The van der Waals surface area contributed by atoms with E-state index >= 15 is 0 Å². The number of esters is 1. The first-order valence-corrected chi connectivity index (χ1v) is 7.64. The standard InChI is InChI=1S/C16H16N2O2S/c1-10(2)15-13(8-17-18-15)16(19)20-9-12-7-11-5-3-4-6-14(11)21-12/h3-8,10H,9H2,1-2H3,(H,17,18). The molecule has 0 saturated carbocycles. The number of benzene rings is 1. The maximum atomic E-state index is 12.1. The Kier molecular flexibility index (Phi) is 3.75. The van der Waals surface area contributed by atoms with Crippen LogP contribution in [0.1, 0.15) is 40.7 Å². The molecule has 3 aromatic rings. The molecule has 21 heavy (non-hydrogen) atoms. The molecule has 108 valence electrons. The van der Waals surface area contributed by atoms with E-state index in [-0.39, 0.29) is 11.9 Å². The number of H-pyrrole nitrogens is 1. The van der Waals surface area contributed by atoms with Crippen molar-refractivity contribution in [3.63, 3.8) is 0 Å². The highest BCUT2D eigenvalue weighted by Crippen LogP contribution is 2.26. The number of fused-ring (bicyclic) bond motifs is 1. The molecule has 0 radical (unpaired) electrons. The average Bonchev–Trinajstić information content (AvgIpc) is 3.10. The van der Waals surface area contributed by atoms with Crippen LogP contribution in [0.3, 0.4) is 0 Å². The maximum Gasteiger partial charge on any atom is 0.341 e. The molecular formula is C16H16N2O2S. The van der Waals surface area contributed by atoms with Gasteiger partial charge < -0.3 is 4.74 Å². The van der Waals surface area contributed by atoms with Gasteiger partial charge in [0.1, 0.15) is 12.2 Å². The summed E-state index contributed by atoms with van der Waals surface area (Å²) in [5, 5.41) is 7.97. The summed E-state index contributed by atoms with van der Waals surface area (Å²) in [6.07, 6.45) is 1.53. The van der Waals surface area contributed by atoms with Crippen molar-refractivity contribution in [2.24, 2.45) is 0 Å². The molecule has 3 rings (SSSR count). The van der Waals surface area contributed by atoms with Crippen LogP contribution in [-0.2, 0) is 11.3 Å². The molecule has 1 N–H and O–H groups in total. The Morgan fingerprint density at radius 2 is 2.19 bits per heavy atom. The van der Waals surface area contributed by atoms with E-state index < -0.39 is 0 Å². The number of hydrogen-bond donors (Lipinski definition) is 1. The summed E-state index contributed by atoms with van der Waals surface area (Å²) >= 11 is 1.65. The van der Waals surface area contributed by atoms with Crippen LogP contribution < -0.4 is 0 Å². The van der Waals surface area contributed by atoms with Crippen molar-refractivity contribution in [3.8, 4) is 0 Å². The van der Waals surface area contributed by atoms with E-state index in [1.165, 1.54) is 16.3 Å². The quantitative estimate of drug-likeness (QED) is 0.738. The fraction of sp³-hybridized carbons (Fsp3) is 0.250. The number of hydrogen-bond acceptors (Lipinski definition) is 4. The van der Waals surface area contributed by atoms with Crippen LogP contribution in [0.2, 0.25) is 0 Å². The third-order valence-corrected chi connectivity index (χ3v) is 4.38. The van der Waals surface area contributed by atoms with E-state index in [9.17, 15) is 4.79 Å². The number of nitrogens with one attached hydrogen (secondary N) is 1. The van der Waals surface area contributed by atoms with Crippen molar-refractivity contribution in [1.29, 1.82) is 0 Å². The summed E-state index contributed by atoms with van der Waals surface area (Å²) in [5.74, 6) is -0.121. The fourth-order valence-corrected chi connectivity index (χ4v) is 3.20. The molecule has 5 heteroatoms. The van der Waals surface area contributed by atoms with Crippen LogP contribution in [0.5, 0.6) is 0 Å². The molecular weight excluding hydrogens is 284 g/mol. The zero-order valence-electron chi connectivity index (χ0n) is 11.9. The molecule has 2 aromatic heterocycles. The predicted octanol–water partition coefficient (Wildman–Crippen LogP) is 4.10. The predicted molar refractivity (Wildman–Crippen MR) is 83.6 cm³/mol. The third-order valence-electron chi connectivity index (χ3n) is 3.29. The lowest BCUT2D eigenvalue weighted by Crippen LogP contribution is -2.07. The lowest BCUT2D eigenvalue weighted by Gasteiger charge is -2.06. The van der Waals surface area contributed by atoms with Gasteiger partial charge in [0.05, 0.1) is 11.9 Å². The molecule has 0 aliphatic heterocycles. The second kappa shape index (κ2) is 5.69. The molecule has 0 bridgehead atoms. The van der Waals surface area contributed by atoms with E-state index in [4.69, 9.17) is 4.74 Å². The minimum absolute atomic E-state index is 0.208. The van der Waals surface area contributed by atoms with E-state index in [1.807, 2.05) is 26.0 Å². The third kappa shape index (κ3) is 2.83. The lowest BCUT2D eigenvalue weighted by molar-refractivity contribution is 0.0475. The number of aromatic nitrogens is 2. The summed E-state index contributed by atoms with van der Waals surface area (Å²) in [4.78, 5) is 13.2.